The van der Waals surface area contributed by atoms with E-state index in [-0.39, 0.29) is 31.1 Å². The third-order valence-corrected chi connectivity index (χ3v) is 12.6. The molecule has 6 heteroatoms. The summed E-state index contributed by atoms with van der Waals surface area (Å²) in [6, 6.07) is 0. The Morgan fingerprint density at radius 1 is 0.350 bits per heavy atom. The van der Waals surface area contributed by atoms with Crippen molar-refractivity contribution < 1.29 is 28.6 Å². The second-order valence-corrected chi connectivity index (χ2v) is 19.2. The number of hydrogen-bond donors (Lipinski definition) is 0. The lowest BCUT2D eigenvalue weighted by Gasteiger charge is -2.18. The average molecular weight is 849 g/mol. The maximum absolute atomic E-state index is 12.7. The highest BCUT2D eigenvalue weighted by Gasteiger charge is 2.19. The van der Waals surface area contributed by atoms with Gasteiger partial charge in [-0.25, -0.2) is 0 Å². The van der Waals surface area contributed by atoms with Crippen LogP contribution >= 0.6 is 0 Å². The van der Waals surface area contributed by atoms with Gasteiger partial charge in [0.25, 0.3) is 0 Å². The Labute approximate surface area is 374 Å². The first kappa shape index (κ1) is 58.4. The summed E-state index contributed by atoms with van der Waals surface area (Å²) >= 11 is 0. The smallest absolute Gasteiger partial charge is 0.306 e. The zero-order valence-electron chi connectivity index (χ0n) is 41.1. The predicted octanol–water partition coefficient (Wildman–Crippen LogP) is 17.3. The fourth-order valence-electron chi connectivity index (χ4n) is 8.13. The van der Waals surface area contributed by atoms with Gasteiger partial charge in [0.2, 0.25) is 0 Å². The van der Waals surface area contributed by atoms with Gasteiger partial charge in [-0.2, -0.15) is 0 Å². The van der Waals surface area contributed by atoms with Gasteiger partial charge >= 0.3 is 17.9 Å². The van der Waals surface area contributed by atoms with E-state index in [2.05, 4.69) is 34.6 Å². The molecule has 0 aromatic heterocycles. The number of carbonyl (C=O) groups excluding carboxylic acids is 3. The number of carbonyl (C=O) groups is 3. The molecule has 0 aliphatic carbocycles. The van der Waals surface area contributed by atoms with Gasteiger partial charge in [0, 0.05) is 19.3 Å². The molecule has 0 saturated heterocycles. The van der Waals surface area contributed by atoms with Crippen molar-refractivity contribution in [2.24, 2.45) is 11.8 Å². The zero-order valence-corrected chi connectivity index (χ0v) is 41.1. The molecule has 0 rings (SSSR count). The molecule has 0 heterocycles. The van der Waals surface area contributed by atoms with Crippen molar-refractivity contribution in [2.45, 2.75) is 304 Å². The molecule has 0 radical (unpaired) electrons. The molecule has 0 aromatic rings. The number of ether oxygens (including phenoxy) is 3. The lowest BCUT2D eigenvalue weighted by Crippen LogP contribution is -2.30. The van der Waals surface area contributed by atoms with Crippen LogP contribution in [-0.2, 0) is 28.6 Å². The molecular weight excluding hydrogens is 745 g/mol. The largest absolute Gasteiger partial charge is 0.462 e. The van der Waals surface area contributed by atoms with Crippen molar-refractivity contribution >= 4 is 17.9 Å². The third-order valence-electron chi connectivity index (χ3n) is 12.6. The number of rotatable bonds is 48. The normalized spacial score (nSPS) is 12.5. The average Bonchev–Trinajstić information content (AvgIpc) is 3.23. The number of hydrogen-bond acceptors (Lipinski definition) is 6. The molecule has 0 bridgehead atoms. The summed E-state index contributed by atoms with van der Waals surface area (Å²) in [5, 5.41) is 0. The molecule has 356 valence electrons. The van der Waals surface area contributed by atoms with E-state index in [4.69, 9.17) is 14.2 Å². The second-order valence-electron chi connectivity index (χ2n) is 19.2. The second kappa shape index (κ2) is 46.9. The van der Waals surface area contributed by atoms with Gasteiger partial charge in [0.05, 0.1) is 0 Å². The van der Waals surface area contributed by atoms with Crippen LogP contribution in [0.15, 0.2) is 0 Å². The van der Waals surface area contributed by atoms with E-state index in [1.807, 2.05) is 0 Å². The van der Waals surface area contributed by atoms with Gasteiger partial charge in [-0.15, -0.1) is 0 Å². The molecule has 0 amide bonds. The first-order chi connectivity index (χ1) is 29.3. The van der Waals surface area contributed by atoms with Crippen molar-refractivity contribution in [3.05, 3.63) is 0 Å². The summed E-state index contributed by atoms with van der Waals surface area (Å²) in [6.07, 6.45) is 48.0. The Morgan fingerprint density at radius 2 is 0.633 bits per heavy atom. The Kier molecular flexibility index (Phi) is 45.7. The van der Waals surface area contributed by atoms with Crippen LogP contribution in [-0.4, -0.2) is 37.2 Å². The summed E-state index contributed by atoms with van der Waals surface area (Å²) in [4.78, 5) is 37.9. The van der Waals surface area contributed by atoms with Gasteiger partial charge in [0.15, 0.2) is 6.10 Å². The molecule has 0 spiro atoms. The molecule has 0 saturated carbocycles. The van der Waals surface area contributed by atoms with Crippen LogP contribution in [0.5, 0.6) is 0 Å². The molecule has 60 heavy (non-hydrogen) atoms. The van der Waals surface area contributed by atoms with E-state index in [1.54, 1.807) is 0 Å². The molecule has 2 atom stereocenters. The van der Waals surface area contributed by atoms with Crippen LogP contribution < -0.4 is 0 Å². The number of esters is 3. The minimum absolute atomic E-state index is 0.0634. The van der Waals surface area contributed by atoms with Gasteiger partial charge in [-0.1, -0.05) is 259 Å². The van der Waals surface area contributed by atoms with E-state index in [0.29, 0.717) is 19.3 Å². The molecule has 0 aliphatic heterocycles. The van der Waals surface area contributed by atoms with E-state index in [9.17, 15) is 14.4 Å². The van der Waals surface area contributed by atoms with Gasteiger partial charge in [-0.05, 0) is 31.1 Å². The fourth-order valence-corrected chi connectivity index (χ4v) is 8.13. The van der Waals surface area contributed by atoms with Gasteiger partial charge in [0.1, 0.15) is 13.2 Å². The highest BCUT2D eigenvalue weighted by atomic mass is 16.6. The summed E-state index contributed by atoms with van der Waals surface area (Å²) in [5.74, 6) is 0.872. The minimum Gasteiger partial charge on any atom is -0.462 e. The molecule has 0 aromatic carbocycles. The molecular formula is C54H104O6. The SMILES string of the molecule is CCCCCCCCCCCCC(=O)O[C@@H](COC(=O)CCCCCCCCCCCCCCCCCC(C)C)COC(=O)CCCCCCCCCCCCC(C)CC. The van der Waals surface area contributed by atoms with Crippen molar-refractivity contribution in [1.82, 2.24) is 0 Å². The molecule has 1 unspecified atom stereocenters. The van der Waals surface area contributed by atoms with Gasteiger partial charge in [-0.3, -0.25) is 14.4 Å². The molecule has 0 aliphatic rings. The Bertz CT molecular complexity index is 918. The van der Waals surface area contributed by atoms with Crippen molar-refractivity contribution in [3.63, 3.8) is 0 Å². The summed E-state index contributed by atoms with van der Waals surface area (Å²) in [7, 11) is 0. The third kappa shape index (κ3) is 45.9. The standard InChI is InChI=1S/C54H104O6/c1-6-8-9-10-11-12-24-31-36-41-46-54(57)60-51(48-59-53(56)45-40-35-30-26-21-20-23-28-33-38-43-50(5)7-2)47-58-52(55)44-39-34-29-25-19-17-15-13-14-16-18-22-27-32-37-42-49(3)4/h49-51H,6-48H2,1-5H3/t50?,51-/m0/s1. The van der Waals surface area contributed by atoms with E-state index < -0.39 is 6.10 Å². The van der Waals surface area contributed by atoms with Crippen LogP contribution in [0.25, 0.3) is 0 Å². The predicted molar refractivity (Wildman–Crippen MR) is 256 cm³/mol. The lowest BCUT2D eigenvalue weighted by atomic mass is 9.99. The minimum atomic E-state index is -0.761. The van der Waals surface area contributed by atoms with Gasteiger partial charge < -0.3 is 14.2 Å². The monoisotopic (exact) mass is 849 g/mol. The molecule has 0 N–H and O–H groups in total. The zero-order chi connectivity index (χ0) is 44.0. The molecule has 6 nitrogen and oxygen atoms in total. The Morgan fingerprint density at radius 3 is 0.950 bits per heavy atom. The van der Waals surface area contributed by atoms with Crippen molar-refractivity contribution in [1.29, 1.82) is 0 Å². The van der Waals surface area contributed by atoms with Crippen LogP contribution in [0.4, 0.5) is 0 Å². The topological polar surface area (TPSA) is 78.9 Å². The number of unbranched alkanes of at least 4 members (excludes halogenated alkanes) is 32. The summed E-state index contributed by atoms with van der Waals surface area (Å²) < 4.78 is 16.8. The van der Waals surface area contributed by atoms with Crippen LogP contribution in [0.3, 0.4) is 0 Å². The van der Waals surface area contributed by atoms with Crippen LogP contribution in [0.1, 0.15) is 298 Å². The first-order valence-corrected chi connectivity index (χ1v) is 26.8. The highest BCUT2D eigenvalue weighted by molar-refractivity contribution is 5.71. The van der Waals surface area contributed by atoms with Crippen molar-refractivity contribution in [3.8, 4) is 0 Å². The summed E-state index contributed by atoms with van der Waals surface area (Å²) in [6.45, 7) is 11.4. The molecule has 0 fully saturated rings. The quantitative estimate of drug-likeness (QED) is 0.0345. The lowest BCUT2D eigenvalue weighted by molar-refractivity contribution is -0.167. The summed E-state index contributed by atoms with van der Waals surface area (Å²) in [5.41, 5.74) is 0. The first-order valence-electron chi connectivity index (χ1n) is 26.8. The maximum atomic E-state index is 12.7. The van der Waals surface area contributed by atoms with E-state index >= 15 is 0 Å². The maximum Gasteiger partial charge on any atom is 0.306 e. The van der Waals surface area contributed by atoms with Crippen LogP contribution in [0, 0.1) is 11.8 Å². The highest BCUT2D eigenvalue weighted by Crippen LogP contribution is 2.18. The van der Waals surface area contributed by atoms with Crippen LogP contribution in [0.2, 0.25) is 0 Å². The van der Waals surface area contributed by atoms with E-state index in [1.165, 1.54) is 186 Å². The van der Waals surface area contributed by atoms with E-state index in [0.717, 1.165) is 69.6 Å². The fraction of sp³-hybridized carbons (Fsp3) is 0.944. The Balaban J connectivity index is 4.25. The van der Waals surface area contributed by atoms with Crippen molar-refractivity contribution in [2.75, 3.05) is 13.2 Å². The Hall–Kier alpha value is -1.59.